The molecular formula is C16H27Cl2N3O. The fourth-order valence-electron chi connectivity index (χ4n) is 2.73. The predicted octanol–water partition coefficient (Wildman–Crippen LogP) is 2.92. The van der Waals surface area contributed by atoms with Gasteiger partial charge in [0.15, 0.2) is 0 Å². The van der Waals surface area contributed by atoms with E-state index in [9.17, 15) is 4.79 Å². The molecule has 0 aromatic heterocycles. The first-order valence-electron chi connectivity index (χ1n) is 7.32. The Morgan fingerprint density at radius 1 is 1.36 bits per heavy atom. The molecular weight excluding hydrogens is 321 g/mol. The summed E-state index contributed by atoms with van der Waals surface area (Å²) in [7, 11) is 4.09. The first-order chi connectivity index (χ1) is 9.54. The lowest BCUT2D eigenvalue weighted by atomic mass is 9.92. The van der Waals surface area contributed by atoms with Gasteiger partial charge in [0.05, 0.1) is 0 Å². The molecule has 0 bridgehead atoms. The van der Waals surface area contributed by atoms with Crippen LogP contribution in [0.15, 0.2) is 24.3 Å². The molecule has 0 saturated carbocycles. The third-order valence-corrected chi connectivity index (χ3v) is 3.69. The molecule has 1 fully saturated rings. The molecule has 0 spiro atoms. The molecule has 1 aliphatic heterocycles. The zero-order chi connectivity index (χ0) is 14.5. The van der Waals surface area contributed by atoms with Crippen LogP contribution < -0.4 is 10.6 Å². The molecule has 2 N–H and O–H groups in total. The third-order valence-electron chi connectivity index (χ3n) is 3.69. The molecule has 1 heterocycles. The fourth-order valence-corrected chi connectivity index (χ4v) is 2.73. The molecule has 2 atom stereocenters. The maximum Gasteiger partial charge on any atom is 0.227 e. The average Bonchev–Trinajstić information content (AvgIpc) is 2.38. The van der Waals surface area contributed by atoms with Gasteiger partial charge in [-0.25, -0.2) is 0 Å². The minimum atomic E-state index is 0. The van der Waals surface area contributed by atoms with Crippen molar-refractivity contribution in [1.29, 1.82) is 0 Å². The number of rotatable bonds is 4. The first kappa shape index (κ1) is 21.2. The lowest BCUT2D eigenvalue weighted by Crippen LogP contribution is -2.40. The van der Waals surface area contributed by atoms with Crippen molar-refractivity contribution in [2.45, 2.75) is 32.4 Å². The van der Waals surface area contributed by atoms with Crippen molar-refractivity contribution in [3.8, 4) is 0 Å². The van der Waals surface area contributed by atoms with E-state index in [0.717, 1.165) is 31.6 Å². The zero-order valence-electron chi connectivity index (χ0n) is 13.5. The van der Waals surface area contributed by atoms with E-state index in [1.165, 1.54) is 5.56 Å². The van der Waals surface area contributed by atoms with Crippen LogP contribution in [-0.2, 0) is 11.3 Å². The van der Waals surface area contributed by atoms with Gasteiger partial charge in [-0.3, -0.25) is 4.79 Å². The Labute approximate surface area is 145 Å². The largest absolute Gasteiger partial charge is 0.326 e. The van der Waals surface area contributed by atoms with Gasteiger partial charge in [-0.05, 0) is 58.1 Å². The number of carbonyl (C=O) groups is 1. The van der Waals surface area contributed by atoms with E-state index in [4.69, 9.17) is 0 Å². The van der Waals surface area contributed by atoms with Gasteiger partial charge in [0, 0.05) is 24.2 Å². The van der Waals surface area contributed by atoms with Crippen LogP contribution in [0.3, 0.4) is 0 Å². The van der Waals surface area contributed by atoms with E-state index in [2.05, 4.69) is 34.6 Å². The Kier molecular flexibility index (Phi) is 9.69. The summed E-state index contributed by atoms with van der Waals surface area (Å²) in [6.07, 6.45) is 1.84. The van der Waals surface area contributed by atoms with Crippen molar-refractivity contribution in [3.05, 3.63) is 29.8 Å². The van der Waals surface area contributed by atoms with E-state index in [-0.39, 0.29) is 36.6 Å². The number of halogens is 2. The summed E-state index contributed by atoms with van der Waals surface area (Å²) in [5.41, 5.74) is 2.12. The van der Waals surface area contributed by atoms with Gasteiger partial charge >= 0.3 is 0 Å². The Bertz CT molecular complexity index is 468. The molecule has 1 saturated heterocycles. The lowest BCUT2D eigenvalue weighted by Gasteiger charge is -2.27. The van der Waals surface area contributed by atoms with Crippen LogP contribution in [0.25, 0.3) is 0 Å². The number of nitrogens with one attached hydrogen (secondary N) is 2. The number of carbonyl (C=O) groups excluding carboxylic acids is 1. The molecule has 0 aliphatic carbocycles. The fraction of sp³-hybridized carbons (Fsp3) is 0.562. The van der Waals surface area contributed by atoms with Gasteiger partial charge in [0.1, 0.15) is 0 Å². The summed E-state index contributed by atoms with van der Waals surface area (Å²) in [6, 6.07) is 8.53. The summed E-state index contributed by atoms with van der Waals surface area (Å²) in [6.45, 7) is 3.95. The van der Waals surface area contributed by atoms with Crippen LogP contribution in [0.2, 0.25) is 0 Å². The van der Waals surface area contributed by atoms with E-state index in [1.54, 1.807) is 0 Å². The number of piperidine rings is 1. The topological polar surface area (TPSA) is 44.4 Å². The van der Waals surface area contributed by atoms with Crippen LogP contribution in [0.4, 0.5) is 5.69 Å². The number of amides is 1. The highest BCUT2D eigenvalue weighted by Crippen LogP contribution is 2.19. The number of hydrogen-bond donors (Lipinski definition) is 2. The second-order valence-electron chi connectivity index (χ2n) is 6.00. The number of anilines is 1. The van der Waals surface area contributed by atoms with Gasteiger partial charge in [-0.1, -0.05) is 12.1 Å². The van der Waals surface area contributed by atoms with Gasteiger partial charge in [0.25, 0.3) is 0 Å². The summed E-state index contributed by atoms with van der Waals surface area (Å²) in [4.78, 5) is 14.4. The second kappa shape index (κ2) is 10.1. The van der Waals surface area contributed by atoms with E-state index in [0.29, 0.717) is 6.04 Å². The van der Waals surface area contributed by atoms with Gasteiger partial charge in [-0.2, -0.15) is 0 Å². The maximum absolute atomic E-state index is 12.3. The molecule has 1 aliphatic rings. The summed E-state index contributed by atoms with van der Waals surface area (Å²) >= 11 is 0. The lowest BCUT2D eigenvalue weighted by molar-refractivity contribution is -0.120. The SMILES string of the molecule is C[C@H]1C[C@@H](C(=O)Nc2cccc(CN(C)C)c2)CCN1.Cl.Cl. The molecule has 22 heavy (non-hydrogen) atoms. The van der Waals surface area contributed by atoms with Crippen molar-refractivity contribution >= 4 is 36.4 Å². The van der Waals surface area contributed by atoms with Crippen molar-refractivity contribution in [3.63, 3.8) is 0 Å². The van der Waals surface area contributed by atoms with E-state index in [1.807, 2.05) is 26.2 Å². The highest BCUT2D eigenvalue weighted by molar-refractivity contribution is 5.92. The van der Waals surface area contributed by atoms with Crippen molar-refractivity contribution in [2.24, 2.45) is 5.92 Å². The quantitative estimate of drug-likeness (QED) is 0.879. The summed E-state index contributed by atoms with van der Waals surface area (Å²) in [5, 5.41) is 6.44. The zero-order valence-corrected chi connectivity index (χ0v) is 15.1. The van der Waals surface area contributed by atoms with Gasteiger partial charge < -0.3 is 15.5 Å². The van der Waals surface area contributed by atoms with E-state index < -0.39 is 0 Å². The van der Waals surface area contributed by atoms with Crippen LogP contribution >= 0.6 is 24.8 Å². The van der Waals surface area contributed by atoms with Crippen molar-refractivity contribution in [1.82, 2.24) is 10.2 Å². The minimum absolute atomic E-state index is 0. The van der Waals surface area contributed by atoms with Gasteiger partial charge in [-0.15, -0.1) is 24.8 Å². The standard InChI is InChI=1S/C16H25N3O.2ClH/c1-12-9-14(7-8-17-12)16(20)18-15-6-4-5-13(10-15)11-19(2)3;;/h4-6,10,12,14,17H,7-9,11H2,1-3H3,(H,18,20);2*1H/t12-,14-;;/m0../s1. The Morgan fingerprint density at radius 3 is 2.73 bits per heavy atom. The monoisotopic (exact) mass is 347 g/mol. The maximum atomic E-state index is 12.3. The van der Waals surface area contributed by atoms with Crippen molar-refractivity contribution in [2.75, 3.05) is 26.0 Å². The molecule has 6 heteroatoms. The molecule has 126 valence electrons. The van der Waals surface area contributed by atoms with Crippen LogP contribution in [0.1, 0.15) is 25.3 Å². The molecule has 1 amide bonds. The second-order valence-corrected chi connectivity index (χ2v) is 6.00. The smallest absolute Gasteiger partial charge is 0.227 e. The molecule has 1 aromatic rings. The number of benzene rings is 1. The Balaban J connectivity index is 0.00000220. The molecule has 0 unspecified atom stereocenters. The molecule has 0 radical (unpaired) electrons. The number of nitrogens with zero attached hydrogens (tertiary/aromatic N) is 1. The van der Waals surface area contributed by atoms with Crippen LogP contribution in [0, 0.1) is 5.92 Å². The highest BCUT2D eigenvalue weighted by atomic mass is 35.5. The molecule has 1 aromatic carbocycles. The molecule has 2 rings (SSSR count). The minimum Gasteiger partial charge on any atom is -0.326 e. The Morgan fingerprint density at radius 2 is 2.09 bits per heavy atom. The first-order valence-corrected chi connectivity index (χ1v) is 7.32. The van der Waals surface area contributed by atoms with Crippen molar-refractivity contribution < 1.29 is 4.79 Å². The van der Waals surface area contributed by atoms with Gasteiger partial charge in [0.2, 0.25) is 5.91 Å². The Hall–Kier alpha value is -0.810. The van der Waals surface area contributed by atoms with Crippen LogP contribution in [0.5, 0.6) is 0 Å². The predicted molar refractivity (Wildman–Crippen MR) is 97.1 cm³/mol. The van der Waals surface area contributed by atoms with Crippen LogP contribution in [-0.4, -0.2) is 37.5 Å². The normalized spacial score (nSPS) is 20.7. The average molecular weight is 348 g/mol. The summed E-state index contributed by atoms with van der Waals surface area (Å²) in [5.74, 6) is 0.282. The summed E-state index contributed by atoms with van der Waals surface area (Å²) < 4.78 is 0. The third kappa shape index (κ3) is 6.53. The number of hydrogen-bond acceptors (Lipinski definition) is 3. The highest BCUT2D eigenvalue weighted by Gasteiger charge is 2.24. The van der Waals surface area contributed by atoms with E-state index >= 15 is 0 Å². The molecule has 4 nitrogen and oxygen atoms in total.